The van der Waals surface area contributed by atoms with E-state index < -0.39 is 29.4 Å². The molecular formula is C24H32N2O5. The molecule has 168 valence electrons. The number of hydrogen-bond acceptors (Lipinski definition) is 5. The van der Waals surface area contributed by atoms with Gasteiger partial charge in [0.2, 0.25) is 11.8 Å². The summed E-state index contributed by atoms with van der Waals surface area (Å²) < 4.78 is 0. The molecule has 2 amide bonds. The highest BCUT2D eigenvalue weighted by Gasteiger charge is 2.68. The molecule has 0 aromatic heterocycles. The summed E-state index contributed by atoms with van der Waals surface area (Å²) in [4.78, 5) is 40.9. The van der Waals surface area contributed by atoms with Gasteiger partial charge in [-0.2, -0.15) is 0 Å². The van der Waals surface area contributed by atoms with Crippen molar-refractivity contribution in [1.82, 2.24) is 10.2 Å². The minimum absolute atomic E-state index is 0.00450. The number of unbranched alkanes of at least 4 members (excludes halogenated alkanes) is 1. The molecule has 2 saturated heterocycles. The Morgan fingerprint density at radius 1 is 1.16 bits per heavy atom. The second kappa shape index (κ2) is 8.61. The fourth-order valence-corrected chi connectivity index (χ4v) is 5.93. The first-order chi connectivity index (χ1) is 14.9. The maximum Gasteiger partial charge on any atom is 0.324 e. The van der Waals surface area contributed by atoms with Crippen molar-refractivity contribution in [1.29, 1.82) is 0 Å². The van der Waals surface area contributed by atoms with Gasteiger partial charge in [0.15, 0.2) is 0 Å². The van der Waals surface area contributed by atoms with Crippen molar-refractivity contribution in [3.63, 3.8) is 0 Å². The number of benzene rings is 1. The highest BCUT2D eigenvalue weighted by atomic mass is 16.4. The Morgan fingerprint density at radius 2 is 1.87 bits per heavy atom. The fourth-order valence-electron chi connectivity index (χ4n) is 5.93. The van der Waals surface area contributed by atoms with Gasteiger partial charge in [0, 0.05) is 18.2 Å². The topological polar surface area (TPSA) is 107 Å². The number of carboxylic acids is 1. The third-order valence-electron chi connectivity index (χ3n) is 7.47. The molecule has 3 aliphatic rings. The molecule has 7 heteroatoms. The number of para-hydroxylation sites is 1. The predicted molar refractivity (Wildman–Crippen MR) is 114 cm³/mol. The zero-order chi connectivity index (χ0) is 22.2. The van der Waals surface area contributed by atoms with E-state index in [9.17, 15) is 24.6 Å². The normalized spacial score (nSPS) is 31.3. The van der Waals surface area contributed by atoms with Crippen LogP contribution in [0.5, 0.6) is 5.75 Å². The van der Waals surface area contributed by atoms with Crippen LogP contribution in [0.15, 0.2) is 24.3 Å². The number of likely N-dealkylation sites (tertiary alicyclic amines) is 1. The molecule has 1 saturated carbocycles. The number of nitrogens with one attached hydrogen (secondary N) is 1. The molecule has 4 atom stereocenters. The standard InChI is InChI=1S/C24H32N2O5/c1-2-3-13-26-21(28)18-19(22(26)29)24(23(30)31,14-15-9-5-4-6-10-15)25-20(18)16-11-7-8-12-17(16)27/h7-8,11-12,15,18-20,25,27H,2-6,9-10,13-14H2,1H3,(H,30,31). The molecule has 0 bridgehead atoms. The minimum Gasteiger partial charge on any atom is -0.508 e. The van der Waals surface area contributed by atoms with Crippen LogP contribution in [0.1, 0.15) is 69.9 Å². The van der Waals surface area contributed by atoms with Gasteiger partial charge in [0.05, 0.1) is 11.8 Å². The summed E-state index contributed by atoms with van der Waals surface area (Å²) in [6, 6.07) is 5.96. The molecule has 7 nitrogen and oxygen atoms in total. The van der Waals surface area contributed by atoms with Gasteiger partial charge >= 0.3 is 5.97 Å². The lowest BCUT2D eigenvalue weighted by atomic mass is 9.72. The third-order valence-corrected chi connectivity index (χ3v) is 7.47. The molecule has 3 N–H and O–H groups in total. The Balaban J connectivity index is 1.77. The number of hydrogen-bond donors (Lipinski definition) is 3. The summed E-state index contributed by atoms with van der Waals surface area (Å²) >= 11 is 0. The molecule has 1 aromatic rings. The lowest BCUT2D eigenvalue weighted by Gasteiger charge is -2.35. The summed E-state index contributed by atoms with van der Waals surface area (Å²) in [7, 11) is 0. The molecule has 0 radical (unpaired) electrons. The van der Waals surface area contributed by atoms with Crippen molar-refractivity contribution in [2.75, 3.05) is 6.54 Å². The van der Waals surface area contributed by atoms with Crippen LogP contribution in [0, 0.1) is 17.8 Å². The number of phenols is 1. The molecule has 4 unspecified atom stereocenters. The average molecular weight is 429 g/mol. The van der Waals surface area contributed by atoms with Crippen LogP contribution in [0.3, 0.4) is 0 Å². The van der Waals surface area contributed by atoms with E-state index in [1.165, 1.54) is 11.0 Å². The van der Waals surface area contributed by atoms with Gasteiger partial charge in [-0.15, -0.1) is 0 Å². The maximum atomic E-state index is 13.5. The number of phenolic OH excluding ortho intramolecular Hbond substituents is 1. The van der Waals surface area contributed by atoms with Crippen molar-refractivity contribution in [3.8, 4) is 5.75 Å². The lowest BCUT2D eigenvalue weighted by molar-refractivity contribution is -0.152. The van der Waals surface area contributed by atoms with Crippen LogP contribution in [0.4, 0.5) is 0 Å². The van der Waals surface area contributed by atoms with Crippen LogP contribution in [0.25, 0.3) is 0 Å². The van der Waals surface area contributed by atoms with Crippen LogP contribution < -0.4 is 5.32 Å². The van der Waals surface area contributed by atoms with Crippen molar-refractivity contribution >= 4 is 17.8 Å². The number of carbonyl (C=O) groups is 3. The van der Waals surface area contributed by atoms with Crippen LogP contribution in [-0.4, -0.2) is 45.0 Å². The van der Waals surface area contributed by atoms with Crippen LogP contribution >= 0.6 is 0 Å². The van der Waals surface area contributed by atoms with E-state index in [-0.39, 0.29) is 23.5 Å². The molecule has 2 heterocycles. The number of fused-ring (bicyclic) bond motifs is 1. The number of aromatic hydroxyl groups is 1. The van der Waals surface area contributed by atoms with E-state index in [1.54, 1.807) is 18.2 Å². The second-order valence-corrected chi connectivity index (χ2v) is 9.35. The summed E-state index contributed by atoms with van der Waals surface area (Å²) in [5, 5.41) is 24.1. The van der Waals surface area contributed by atoms with Crippen molar-refractivity contribution in [2.45, 2.75) is 69.9 Å². The number of aliphatic carboxylic acids is 1. The molecule has 2 aliphatic heterocycles. The molecule has 1 aromatic carbocycles. The lowest BCUT2D eigenvalue weighted by Crippen LogP contribution is -2.56. The van der Waals surface area contributed by atoms with Crippen LogP contribution in [0.2, 0.25) is 0 Å². The highest BCUT2D eigenvalue weighted by molar-refractivity contribution is 6.09. The monoisotopic (exact) mass is 428 g/mol. The van der Waals surface area contributed by atoms with E-state index in [4.69, 9.17) is 0 Å². The van der Waals surface area contributed by atoms with Gasteiger partial charge in [0.1, 0.15) is 11.3 Å². The SMILES string of the molecule is CCCCN1C(=O)C2C(c3ccccc3O)NC(CC3CCCCC3)(C(=O)O)C2C1=O. The van der Waals surface area contributed by atoms with E-state index in [2.05, 4.69) is 5.32 Å². The van der Waals surface area contributed by atoms with E-state index in [0.29, 0.717) is 24.9 Å². The van der Waals surface area contributed by atoms with Gasteiger partial charge in [-0.3, -0.25) is 24.6 Å². The van der Waals surface area contributed by atoms with Gasteiger partial charge in [0.25, 0.3) is 0 Å². The smallest absolute Gasteiger partial charge is 0.324 e. The molecule has 0 spiro atoms. The average Bonchev–Trinajstić information content (AvgIpc) is 3.22. The largest absolute Gasteiger partial charge is 0.508 e. The summed E-state index contributed by atoms with van der Waals surface area (Å²) in [6.45, 7) is 2.30. The van der Waals surface area contributed by atoms with E-state index >= 15 is 0 Å². The van der Waals surface area contributed by atoms with Crippen LogP contribution in [-0.2, 0) is 14.4 Å². The highest BCUT2D eigenvalue weighted by Crippen LogP contribution is 2.53. The van der Waals surface area contributed by atoms with Gasteiger partial charge in [-0.1, -0.05) is 63.6 Å². The number of imide groups is 1. The number of amides is 2. The first kappa shape index (κ1) is 21.8. The quantitative estimate of drug-likeness (QED) is 0.576. The first-order valence-electron chi connectivity index (χ1n) is 11.5. The zero-order valence-corrected chi connectivity index (χ0v) is 18.0. The van der Waals surface area contributed by atoms with E-state index in [1.807, 2.05) is 6.92 Å². The molecular weight excluding hydrogens is 396 g/mol. The Bertz CT molecular complexity index is 865. The summed E-state index contributed by atoms with van der Waals surface area (Å²) in [5.74, 6) is -3.36. The Kier molecular flexibility index (Phi) is 6.06. The first-order valence-corrected chi connectivity index (χ1v) is 11.5. The molecule has 1 aliphatic carbocycles. The Hall–Kier alpha value is -2.41. The van der Waals surface area contributed by atoms with Gasteiger partial charge < -0.3 is 10.2 Å². The molecule has 31 heavy (non-hydrogen) atoms. The van der Waals surface area contributed by atoms with Crippen molar-refractivity contribution in [3.05, 3.63) is 29.8 Å². The fraction of sp³-hybridized carbons (Fsp3) is 0.625. The number of carbonyl (C=O) groups excluding carboxylic acids is 2. The number of rotatable bonds is 7. The summed E-state index contributed by atoms with van der Waals surface area (Å²) in [5.41, 5.74) is -1.03. The Labute approximate surface area is 182 Å². The maximum absolute atomic E-state index is 13.5. The molecule has 3 fully saturated rings. The van der Waals surface area contributed by atoms with Gasteiger partial charge in [-0.05, 0) is 24.8 Å². The number of nitrogens with zero attached hydrogens (tertiary/aromatic N) is 1. The van der Waals surface area contributed by atoms with Crippen molar-refractivity contribution < 1.29 is 24.6 Å². The second-order valence-electron chi connectivity index (χ2n) is 9.35. The van der Waals surface area contributed by atoms with Crippen molar-refractivity contribution in [2.24, 2.45) is 17.8 Å². The zero-order valence-electron chi connectivity index (χ0n) is 18.0. The third kappa shape index (κ3) is 3.63. The predicted octanol–water partition coefficient (Wildman–Crippen LogP) is 3.23. The van der Waals surface area contributed by atoms with E-state index in [0.717, 1.165) is 38.5 Å². The number of carboxylic acid groups (broad SMARTS) is 1. The Morgan fingerprint density at radius 3 is 2.52 bits per heavy atom. The minimum atomic E-state index is -1.51. The molecule has 4 rings (SSSR count). The summed E-state index contributed by atoms with van der Waals surface area (Å²) in [6.07, 6.45) is 7.01. The van der Waals surface area contributed by atoms with Gasteiger partial charge in [-0.25, -0.2) is 0 Å².